The van der Waals surface area contributed by atoms with Gasteiger partial charge in [-0.15, -0.1) is 0 Å². The molecular formula is C10H12BrNO3. The molecule has 1 aromatic carbocycles. The molecule has 0 amide bonds. The molecule has 82 valence electrons. The van der Waals surface area contributed by atoms with Crippen LogP contribution in [0.1, 0.15) is 5.56 Å². The topological polar surface area (TPSA) is 72.5 Å². The number of carboxylic acid groups (broad SMARTS) is 1. The van der Waals surface area contributed by atoms with Gasteiger partial charge in [0.05, 0.1) is 7.11 Å². The second-order valence-corrected chi connectivity index (χ2v) is 3.92. The number of ether oxygens (including phenoxy) is 1. The van der Waals surface area contributed by atoms with Gasteiger partial charge in [0.1, 0.15) is 11.8 Å². The van der Waals surface area contributed by atoms with E-state index in [0.29, 0.717) is 5.75 Å². The summed E-state index contributed by atoms with van der Waals surface area (Å²) < 4.78 is 5.93. The van der Waals surface area contributed by atoms with Crippen LogP contribution in [0.3, 0.4) is 0 Å². The number of benzene rings is 1. The lowest BCUT2D eigenvalue weighted by atomic mass is 10.1. The molecule has 5 heteroatoms. The first-order chi connectivity index (χ1) is 7.06. The maximum Gasteiger partial charge on any atom is 0.320 e. The summed E-state index contributed by atoms with van der Waals surface area (Å²) in [4.78, 5) is 10.6. The highest BCUT2D eigenvalue weighted by molar-refractivity contribution is 9.10. The van der Waals surface area contributed by atoms with E-state index in [1.807, 2.05) is 12.1 Å². The van der Waals surface area contributed by atoms with Gasteiger partial charge < -0.3 is 15.6 Å². The zero-order valence-electron chi connectivity index (χ0n) is 8.24. The van der Waals surface area contributed by atoms with E-state index in [2.05, 4.69) is 15.9 Å². The summed E-state index contributed by atoms with van der Waals surface area (Å²) in [6.45, 7) is 0. The van der Waals surface area contributed by atoms with Gasteiger partial charge in [-0.3, -0.25) is 4.79 Å². The Hall–Kier alpha value is -1.07. The molecular weight excluding hydrogens is 262 g/mol. The average molecular weight is 274 g/mol. The van der Waals surface area contributed by atoms with Crippen LogP contribution in [0.25, 0.3) is 0 Å². The molecule has 0 saturated heterocycles. The number of rotatable bonds is 4. The third kappa shape index (κ3) is 2.94. The molecule has 0 aliphatic heterocycles. The Labute approximate surface area is 96.2 Å². The van der Waals surface area contributed by atoms with Gasteiger partial charge in [-0.25, -0.2) is 0 Å². The smallest absolute Gasteiger partial charge is 0.320 e. The minimum Gasteiger partial charge on any atom is -0.496 e. The lowest BCUT2D eigenvalue weighted by molar-refractivity contribution is -0.138. The molecule has 4 nitrogen and oxygen atoms in total. The minimum atomic E-state index is -1.02. The molecule has 15 heavy (non-hydrogen) atoms. The van der Waals surface area contributed by atoms with Crippen LogP contribution in [-0.2, 0) is 11.2 Å². The van der Waals surface area contributed by atoms with Crippen LogP contribution in [0.2, 0.25) is 0 Å². The van der Waals surface area contributed by atoms with E-state index >= 15 is 0 Å². The van der Waals surface area contributed by atoms with Crippen LogP contribution >= 0.6 is 15.9 Å². The van der Waals surface area contributed by atoms with E-state index in [-0.39, 0.29) is 6.42 Å². The maximum absolute atomic E-state index is 10.6. The Morgan fingerprint density at radius 1 is 1.67 bits per heavy atom. The molecule has 0 aliphatic rings. The first-order valence-corrected chi connectivity index (χ1v) is 5.15. The summed E-state index contributed by atoms with van der Waals surface area (Å²) in [6.07, 6.45) is 0.236. The molecule has 3 N–H and O–H groups in total. The molecule has 0 radical (unpaired) electrons. The monoisotopic (exact) mass is 273 g/mol. The van der Waals surface area contributed by atoms with Gasteiger partial charge in [0.15, 0.2) is 0 Å². The highest BCUT2D eigenvalue weighted by Crippen LogP contribution is 2.27. The molecule has 0 aliphatic carbocycles. The summed E-state index contributed by atoms with van der Waals surface area (Å²) in [6, 6.07) is 4.50. The highest BCUT2D eigenvalue weighted by Gasteiger charge is 2.16. The van der Waals surface area contributed by atoms with Gasteiger partial charge in [-0.1, -0.05) is 22.0 Å². The summed E-state index contributed by atoms with van der Waals surface area (Å²) in [5.41, 5.74) is 6.24. The maximum atomic E-state index is 10.6. The van der Waals surface area contributed by atoms with E-state index in [1.54, 1.807) is 6.07 Å². The van der Waals surface area contributed by atoms with Gasteiger partial charge in [0.25, 0.3) is 0 Å². The quantitative estimate of drug-likeness (QED) is 0.870. The summed E-state index contributed by atoms with van der Waals surface area (Å²) >= 11 is 3.34. The zero-order chi connectivity index (χ0) is 11.4. The fourth-order valence-corrected chi connectivity index (χ4v) is 1.75. The van der Waals surface area contributed by atoms with Gasteiger partial charge in [0, 0.05) is 16.5 Å². The Morgan fingerprint density at radius 3 is 2.87 bits per heavy atom. The molecule has 0 aromatic heterocycles. The molecule has 0 saturated carbocycles. The van der Waals surface area contributed by atoms with Gasteiger partial charge in [-0.2, -0.15) is 0 Å². The van der Waals surface area contributed by atoms with E-state index in [0.717, 1.165) is 10.0 Å². The van der Waals surface area contributed by atoms with Gasteiger partial charge in [0.2, 0.25) is 0 Å². The van der Waals surface area contributed by atoms with Crippen molar-refractivity contribution in [1.29, 1.82) is 0 Å². The Morgan fingerprint density at radius 2 is 2.33 bits per heavy atom. The lowest BCUT2D eigenvalue weighted by Crippen LogP contribution is -2.32. The van der Waals surface area contributed by atoms with Crippen LogP contribution < -0.4 is 10.5 Å². The van der Waals surface area contributed by atoms with Crippen molar-refractivity contribution >= 4 is 21.9 Å². The summed E-state index contributed by atoms with van der Waals surface area (Å²) in [5.74, 6) is -0.381. The molecule has 1 atom stereocenters. The van der Waals surface area contributed by atoms with Crippen molar-refractivity contribution in [1.82, 2.24) is 0 Å². The predicted molar refractivity (Wildman–Crippen MR) is 60.0 cm³/mol. The Balaban J connectivity index is 2.97. The lowest BCUT2D eigenvalue weighted by Gasteiger charge is -2.12. The third-order valence-electron chi connectivity index (χ3n) is 2.04. The first-order valence-electron chi connectivity index (χ1n) is 4.36. The second-order valence-electron chi connectivity index (χ2n) is 3.07. The van der Waals surface area contributed by atoms with Crippen LogP contribution in [0.15, 0.2) is 22.7 Å². The number of carboxylic acids is 1. The Kier molecular flexibility index (Phi) is 4.11. The number of hydrogen-bond acceptors (Lipinski definition) is 3. The molecule has 1 aromatic rings. The normalized spacial score (nSPS) is 12.2. The van der Waals surface area contributed by atoms with Crippen molar-refractivity contribution in [2.24, 2.45) is 5.73 Å². The van der Waals surface area contributed by atoms with Crippen molar-refractivity contribution < 1.29 is 14.6 Å². The first kappa shape index (κ1) is 12.0. The standard InChI is InChI=1S/C10H12BrNO3/c1-15-9-4-2-3-7(11)6(9)5-8(12)10(13)14/h2-4,8H,5,12H2,1H3,(H,13,14). The number of methoxy groups -OCH3 is 1. The summed E-state index contributed by atoms with van der Waals surface area (Å²) in [5, 5.41) is 8.72. The fourth-order valence-electron chi connectivity index (χ4n) is 1.24. The number of nitrogens with two attached hydrogens (primary N) is 1. The van der Waals surface area contributed by atoms with Gasteiger partial charge >= 0.3 is 5.97 Å². The predicted octanol–water partition coefficient (Wildman–Crippen LogP) is 1.41. The molecule has 0 fully saturated rings. The number of halogens is 1. The Bertz CT molecular complexity index is 368. The molecule has 1 unspecified atom stereocenters. The second kappa shape index (κ2) is 5.14. The zero-order valence-corrected chi connectivity index (χ0v) is 9.82. The minimum absolute atomic E-state index is 0.236. The van der Waals surface area contributed by atoms with Crippen LogP contribution in [0.5, 0.6) is 5.75 Å². The van der Waals surface area contributed by atoms with Crippen molar-refractivity contribution in [3.8, 4) is 5.75 Å². The molecule has 1 rings (SSSR count). The van der Waals surface area contributed by atoms with Crippen molar-refractivity contribution in [2.75, 3.05) is 7.11 Å². The van der Waals surface area contributed by atoms with Crippen LogP contribution in [-0.4, -0.2) is 24.2 Å². The third-order valence-corrected chi connectivity index (χ3v) is 2.78. The largest absolute Gasteiger partial charge is 0.496 e. The highest BCUT2D eigenvalue weighted by atomic mass is 79.9. The van der Waals surface area contributed by atoms with E-state index in [4.69, 9.17) is 15.6 Å². The SMILES string of the molecule is COc1cccc(Br)c1CC(N)C(=O)O. The summed E-state index contributed by atoms with van der Waals surface area (Å²) in [7, 11) is 1.54. The number of carbonyl (C=O) groups is 1. The average Bonchev–Trinajstić information content (AvgIpc) is 2.20. The van der Waals surface area contributed by atoms with Crippen LogP contribution in [0, 0.1) is 0 Å². The van der Waals surface area contributed by atoms with Crippen LogP contribution in [0.4, 0.5) is 0 Å². The van der Waals surface area contributed by atoms with Crippen molar-refractivity contribution in [3.05, 3.63) is 28.2 Å². The molecule has 0 heterocycles. The fraction of sp³-hybridized carbons (Fsp3) is 0.300. The van der Waals surface area contributed by atoms with E-state index in [9.17, 15) is 4.79 Å². The van der Waals surface area contributed by atoms with Gasteiger partial charge in [-0.05, 0) is 12.1 Å². The number of hydrogen-bond donors (Lipinski definition) is 2. The van der Waals surface area contributed by atoms with Crippen molar-refractivity contribution in [3.63, 3.8) is 0 Å². The molecule has 0 bridgehead atoms. The van der Waals surface area contributed by atoms with E-state index < -0.39 is 12.0 Å². The van der Waals surface area contributed by atoms with E-state index in [1.165, 1.54) is 7.11 Å². The number of aliphatic carboxylic acids is 1. The van der Waals surface area contributed by atoms with Crippen molar-refractivity contribution in [2.45, 2.75) is 12.5 Å². The molecule has 0 spiro atoms.